The van der Waals surface area contributed by atoms with Crippen molar-refractivity contribution in [2.75, 3.05) is 7.11 Å². The molecule has 2 nitrogen and oxygen atoms in total. The molecule has 0 aliphatic heterocycles. The van der Waals surface area contributed by atoms with Crippen LogP contribution in [0.1, 0.15) is 5.69 Å². The topological polar surface area (TPSA) is 22.1 Å². The van der Waals surface area contributed by atoms with Gasteiger partial charge in [-0.2, -0.15) is 0 Å². The van der Waals surface area contributed by atoms with Crippen LogP contribution in [0.25, 0.3) is 0 Å². The van der Waals surface area contributed by atoms with Crippen LogP contribution in [0.2, 0.25) is 0 Å². The lowest BCUT2D eigenvalue weighted by Gasteiger charge is -2.01. The minimum atomic E-state index is 0.579. The molecule has 1 heterocycles. The summed E-state index contributed by atoms with van der Waals surface area (Å²) in [6.07, 6.45) is 0.582. The molecule has 0 saturated carbocycles. The van der Waals surface area contributed by atoms with Crippen LogP contribution in [0.4, 0.5) is 0 Å². The Morgan fingerprint density at radius 1 is 1.67 bits per heavy atom. The number of ether oxygens (including phenoxy) is 1. The van der Waals surface area contributed by atoms with E-state index in [0.29, 0.717) is 17.3 Å². The number of pyridine rings is 1. The number of hydrogen-bond donors (Lipinski definition) is 0. The predicted molar refractivity (Wildman–Crippen MR) is 49.5 cm³/mol. The number of halogens is 1. The molecule has 0 amide bonds. The predicted octanol–water partition coefficient (Wildman–Crippen LogP) is 2.39. The zero-order valence-electron chi connectivity index (χ0n) is 6.88. The molecule has 1 aromatic heterocycles. The highest BCUT2D eigenvalue weighted by atomic mass is 35.5. The van der Waals surface area contributed by atoms with Crippen LogP contribution in [0.5, 0.6) is 5.88 Å². The zero-order chi connectivity index (χ0) is 8.97. The summed E-state index contributed by atoms with van der Waals surface area (Å²) < 4.78 is 4.95. The number of allylic oxidation sites excluding steroid dienone is 1. The molecular weight excluding hydrogens is 174 g/mol. The lowest BCUT2D eigenvalue weighted by molar-refractivity contribution is 0.396. The summed E-state index contributed by atoms with van der Waals surface area (Å²) in [6, 6.07) is 5.55. The van der Waals surface area contributed by atoms with Crippen molar-refractivity contribution in [1.29, 1.82) is 0 Å². The van der Waals surface area contributed by atoms with Crippen molar-refractivity contribution in [1.82, 2.24) is 4.98 Å². The quantitative estimate of drug-likeness (QED) is 0.718. The Morgan fingerprint density at radius 3 is 3.00 bits per heavy atom. The Labute approximate surface area is 76.8 Å². The highest BCUT2D eigenvalue weighted by molar-refractivity contribution is 6.29. The normalized spacial score (nSPS) is 9.50. The molecular formula is C9H10ClNO. The van der Waals surface area contributed by atoms with Gasteiger partial charge in [0, 0.05) is 23.2 Å². The summed E-state index contributed by atoms with van der Waals surface area (Å²) in [7, 11) is 1.58. The molecule has 1 aromatic rings. The molecule has 3 heteroatoms. The van der Waals surface area contributed by atoms with Gasteiger partial charge in [0.15, 0.2) is 0 Å². The molecule has 0 spiro atoms. The fourth-order valence-corrected chi connectivity index (χ4v) is 1.00. The smallest absolute Gasteiger partial charge is 0.213 e. The highest BCUT2D eigenvalue weighted by Crippen LogP contribution is 2.11. The summed E-state index contributed by atoms with van der Waals surface area (Å²) in [6.45, 7) is 3.59. The van der Waals surface area contributed by atoms with Gasteiger partial charge in [0.25, 0.3) is 0 Å². The van der Waals surface area contributed by atoms with Crippen LogP contribution in [0, 0.1) is 0 Å². The van der Waals surface area contributed by atoms with Crippen LogP contribution in [-0.2, 0) is 6.42 Å². The maximum atomic E-state index is 5.63. The summed E-state index contributed by atoms with van der Waals surface area (Å²) in [5, 5.41) is 0.579. The van der Waals surface area contributed by atoms with E-state index in [-0.39, 0.29) is 0 Å². The molecule has 0 N–H and O–H groups in total. The second-order valence-corrected chi connectivity index (χ2v) is 2.90. The molecule has 0 bridgehead atoms. The van der Waals surface area contributed by atoms with Gasteiger partial charge in [-0.15, -0.1) is 0 Å². The second-order valence-electron chi connectivity index (χ2n) is 2.37. The van der Waals surface area contributed by atoms with Gasteiger partial charge in [-0.25, -0.2) is 4.98 Å². The van der Waals surface area contributed by atoms with Gasteiger partial charge in [0.2, 0.25) is 5.88 Å². The minimum absolute atomic E-state index is 0.579. The van der Waals surface area contributed by atoms with E-state index in [9.17, 15) is 0 Å². The molecule has 0 saturated heterocycles. The van der Waals surface area contributed by atoms with Gasteiger partial charge in [-0.05, 0) is 6.07 Å². The largest absolute Gasteiger partial charge is 0.481 e. The van der Waals surface area contributed by atoms with Crippen LogP contribution in [0.15, 0.2) is 29.8 Å². The number of rotatable bonds is 3. The fraction of sp³-hybridized carbons (Fsp3) is 0.222. The monoisotopic (exact) mass is 183 g/mol. The Kier molecular flexibility index (Phi) is 3.11. The van der Waals surface area contributed by atoms with E-state index in [1.165, 1.54) is 0 Å². The highest BCUT2D eigenvalue weighted by Gasteiger charge is 1.97. The van der Waals surface area contributed by atoms with E-state index in [2.05, 4.69) is 11.6 Å². The molecule has 64 valence electrons. The Morgan fingerprint density at radius 2 is 2.42 bits per heavy atom. The summed E-state index contributed by atoms with van der Waals surface area (Å²) in [5.74, 6) is 0.602. The van der Waals surface area contributed by atoms with Crippen molar-refractivity contribution in [3.8, 4) is 5.88 Å². The maximum absolute atomic E-state index is 5.63. The van der Waals surface area contributed by atoms with Gasteiger partial charge in [-0.1, -0.05) is 24.2 Å². The summed E-state index contributed by atoms with van der Waals surface area (Å²) in [4.78, 5) is 4.16. The first-order valence-electron chi connectivity index (χ1n) is 3.55. The van der Waals surface area contributed by atoms with E-state index in [4.69, 9.17) is 16.3 Å². The molecule has 0 aliphatic rings. The Hall–Kier alpha value is -1.02. The average molecular weight is 184 g/mol. The van der Waals surface area contributed by atoms with Crippen molar-refractivity contribution in [2.24, 2.45) is 0 Å². The van der Waals surface area contributed by atoms with Gasteiger partial charge >= 0.3 is 0 Å². The average Bonchev–Trinajstić information content (AvgIpc) is 2.03. The first-order valence-corrected chi connectivity index (χ1v) is 3.93. The number of methoxy groups -OCH3 is 1. The molecule has 0 radical (unpaired) electrons. The molecule has 0 fully saturated rings. The van der Waals surface area contributed by atoms with Crippen LogP contribution in [-0.4, -0.2) is 12.1 Å². The minimum Gasteiger partial charge on any atom is -0.481 e. The van der Waals surface area contributed by atoms with E-state index >= 15 is 0 Å². The number of aromatic nitrogens is 1. The zero-order valence-corrected chi connectivity index (χ0v) is 7.64. The number of nitrogens with zero attached hydrogens (tertiary/aromatic N) is 1. The molecule has 0 aliphatic carbocycles. The SMILES string of the molecule is C=C(Cl)Cc1cccc(OC)n1. The summed E-state index contributed by atoms with van der Waals surface area (Å²) in [5.41, 5.74) is 0.870. The molecule has 0 atom stereocenters. The summed E-state index contributed by atoms with van der Waals surface area (Å²) >= 11 is 5.63. The molecule has 12 heavy (non-hydrogen) atoms. The Balaban J connectivity index is 2.79. The van der Waals surface area contributed by atoms with Crippen molar-refractivity contribution >= 4 is 11.6 Å². The van der Waals surface area contributed by atoms with Gasteiger partial charge < -0.3 is 4.74 Å². The fourth-order valence-electron chi connectivity index (χ4n) is 0.866. The van der Waals surface area contributed by atoms with Gasteiger partial charge in [0.1, 0.15) is 0 Å². The third-order valence-corrected chi connectivity index (χ3v) is 1.50. The van der Waals surface area contributed by atoms with Crippen LogP contribution in [0.3, 0.4) is 0 Å². The van der Waals surface area contributed by atoms with Gasteiger partial charge in [-0.3, -0.25) is 0 Å². The van der Waals surface area contributed by atoms with E-state index < -0.39 is 0 Å². The second kappa shape index (κ2) is 4.12. The van der Waals surface area contributed by atoms with E-state index in [1.807, 2.05) is 12.1 Å². The molecule has 1 rings (SSSR count). The van der Waals surface area contributed by atoms with Crippen molar-refractivity contribution < 1.29 is 4.74 Å². The van der Waals surface area contributed by atoms with Crippen LogP contribution >= 0.6 is 11.6 Å². The molecule has 0 unspecified atom stereocenters. The lowest BCUT2D eigenvalue weighted by Crippen LogP contribution is -1.92. The first-order chi connectivity index (χ1) is 5.72. The van der Waals surface area contributed by atoms with Crippen molar-refractivity contribution in [3.63, 3.8) is 0 Å². The number of hydrogen-bond acceptors (Lipinski definition) is 2. The van der Waals surface area contributed by atoms with Gasteiger partial charge in [0.05, 0.1) is 7.11 Å². The standard InChI is InChI=1S/C9H10ClNO/c1-7(10)6-8-4-3-5-9(11-8)12-2/h3-5H,1,6H2,2H3. The third kappa shape index (κ3) is 2.55. The van der Waals surface area contributed by atoms with E-state index in [1.54, 1.807) is 13.2 Å². The van der Waals surface area contributed by atoms with Crippen LogP contribution < -0.4 is 4.74 Å². The van der Waals surface area contributed by atoms with Crippen molar-refractivity contribution in [3.05, 3.63) is 35.5 Å². The molecule has 0 aromatic carbocycles. The lowest BCUT2D eigenvalue weighted by atomic mass is 10.3. The Bertz CT molecular complexity index is 286. The van der Waals surface area contributed by atoms with E-state index in [0.717, 1.165) is 5.69 Å². The van der Waals surface area contributed by atoms with Crippen molar-refractivity contribution in [2.45, 2.75) is 6.42 Å². The first kappa shape index (κ1) is 9.07. The third-order valence-electron chi connectivity index (χ3n) is 1.36. The maximum Gasteiger partial charge on any atom is 0.213 e.